The van der Waals surface area contributed by atoms with Gasteiger partial charge in [0.15, 0.2) is 0 Å². The van der Waals surface area contributed by atoms with E-state index in [2.05, 4.69) is 6.92 Å². The van der Waals surface area contributed by atoms with E-state index < -0.39 is 5.97 Å². The molecule has 0 aliphatic rings. The minimum atomic E-state index is -0.653. The molecule has 0 saturated heterocycles. The third kappa shape index (κ3) is 31.4. The number of carbonyl (C=O) groups is 2. The molecule has 0 atom stereocenters. The van der Waals surface area contributed by atoms with Crippen LogP contribution in [0.25, 0.3) is 0 Å². The molecule has 0 rings (SSSR count). The van der Waals surface area contributed by atoms with Gasteiger partial charge in [-0.25, -0.2) is 0 Å². The highest BCUT2D eigenvalue weighted by atomic mass is 16.4. The van der Waals surface area contributed by atoms with Gasteiger partial charge in [-0.05, 0) is 13.3 Å². The van der Waals surface area contributed by atoms with E-state index in [0.717, 1.165) is 12.8 Å². The van der Waals surface area contributed by atoms with E-state index >= 15 is 0 Å². The summed E-state index contributed by atoms with van der Waals surface area (Å²) in [7, 11) is 0. The zero-order chi connectivity index (χ0) is 19.2. The Morgan fingerprint density at radius 3 is 1.12 bits per heavy atom. The van der Waals surface area contributed by atoms with Gasteiger partial charge < -0.3 is 9.90 Å². The Morgan fingerprint density at radius 2 is 0.880 bits per heavy atom. The molecule has 0 bridgehead atoms. The van der Waals surface area contributed by atoms with Crippen LogP contribution in [0.4, 0.5) is 0 Å². The van der Waals surface area contributed by atoms with Crippen LogP contribution in [0, 0.1) is 0 Å². The second-order valence-electron chi connectivity index (χ2n) is 7.15. The number of aliphatic carboxylic acids is 1. The van der Waals surface area contributed by atoms with Crippen LogP contribution in [-0.2, 0) is 9.59 Å². The molecule has 0 saturated carbocycles. The van der Waals surface area contributed by atoms with Gasteiger partial charge in [-0.3, -0.25) is 4.79 Å². The van der Waals surface area contributed by atoms with Gasteiger partial charge in [-0.1, -0.05) is 104 Å². The summed E-state index contributed by atoms with van der Waals surface area (Å²) >= 11 is 0. The molecule has 3 nitrogen and oxygen atoms in total. The molecule has 3 heteroatoms. The smallest absolute Gasteiger partial charge is 0.303 e. The predicted molar refractivity (Wildman–Crippen MR) is 108 cm³/mol. The fraction of sp³-hybridized carbons (Fsp3) is 0.909. The molecular weight excluding hydrogens is 312 g/mol. The van der Waals surface area contributed by atoms with Gasteiger partial charge in [0.05, 0.1) is 0 Å². The number of unbranched alkanes of at least 4 members (excludes halogenated alkanes) is 14. The van der Waals surface area contributed by atoms with Crippen LogP contribution in [0.3, 0.4) is 0 Å². The summed E-state index contributed by atoms with van der Waals surface area (Å²) in [5.41, 5.74) is 0. The van der Waals surface area contributed by atoms with Crippen molar-refractivity contribution in [3.8, 4) is 0 Å². The monoisotopic (exact) mass is 356 g/mol. The minimum absolute atomic E-state index is 0.255. The van der Waals surface area contributed by atoms with Crippen molar-refractivity contribution in [2.45, 2.75) is 130 Å². The fourth-order valence-electron chi connectivity index (χ4n) is 2.65. The summed E-state index contributed by atoms with van der Waals surface area (Å²) in [4.78, 5) is 20.1. The van der Waals surface area contributed by atoms with Gasteiger partial charge in [0.25, 0.3) is 0 Å². The molecule has 0 unspecified atom stereocenters. The number of carboxylic acid groups (broad SMARTS) is 1. The molecule has 0 aromatic heterocycles. The molecule has 0 heterocycles. The highest BCUT2D eigenvalue weighted by Gasteiger charge is 1.97. The largest absolute Gasteiger partial charge is 0.481 e. The average Bonchev–Trinajstić information content (AvgIpc) is 2.58. The standard InChI is InChI=1S/C18H36O2.C4H8O/c1-2-3-4-5-6-7-8-9-10-11-12-13-14-15-16-17-18(19)20;1-3-4(2)5/h2-17H2,1H3,(H,19,20);3H2,1-2H3. The third-order valence-electron chi connectivity index (χ3n) is 4.49. The van der Waals surface area contributed by atoms with Crippen molar-refractivity contribution in [1.82, 2.24) is 0 Å². The highest BCUT2D eigenvalue weighted by molar-refractivity contribution is 5.74. The molecule has 0 radical (unpaired) electrons. The second kappa shape index (κ2) is 23.1. The highest BCUT2D eigenvalue weighted by Crippen LogP contribution is 2.13. The van der Waals surface area contributed by atoms with Gasteiger partial charge in [-0.15, -0.1) is 0 Å². The fourth-order valence-corrected chi connectivity index (χ4v) is 2.65. The lowest BCUT2D eigenvalue weighted by atomic mass is 10.0. The number of carboxylic acids is 1. The summed E-state index contributed by atoms with van der Waals surface area (Å²) in [6.07, 6.45) is 20.9. The van der Waals surface area contributed by atoms with Gasteiger partial charge in [-0.2, -0.15) is 0 Å². The van der Waals surface area contributed by atoms with Crippen LogP contribution >= 0.6 is 0 Å². The Hall–Kier alpha value is -0.860. The van der Waals surface area contributed by atoms with Gasteiger partial charge in [0.1, 0.15) is 5.78 Å². The first-order valence-electron chi connectivity index (χ1n) is 10.8. The van der Waals surface area contributed by atoms with E-state index in [9.17, 15) is 9.59 Å². The van der Waals surface area contributed by atoms with E-state index in [0.29, 0.717) is 12.8 Å². The van der Waals surface area contributed by atoms with Gasteiger partial charge in [0, 0.05) is 12.8 Å². The number of carbonyl (C=O) groups excluding carboxylic acids is 1. The number of rotatable bonds is 17. The molecule has 0 aliphatic carbocycles. The Balaban J connectivity index is 0. The maximum absolute atomic E-state index is 10.3. The molecule has 0 spiro atoms. The number of ketones is 1. The summed E-state index contributed by atoms with van der Waals surface area (Å²) < 4.78 is 0. The molecule has 0 aromatic carbocycles. The number of hydrogen-bond acceptors (Lipinski definition) is 2. The van der Waals surface area contributed by atoms with Crippen molar-refractivity contribution >= 4 is 11.8 Å². The van der Waals surface area contributed by atoms with Crippen molar-refractivity contribution in [3.05, 3.63) is 0 Å². The molecule has 0 aliphatic heterocycles. The van der Waals surface area contributed by atoms with Crippen LogP contribution < -0.4 is 0 Å². The maximum atomic E-state index is 10.3. The van der Waals surface area contributed by atoms with Crippen molar-refractivity contribution < 1.29 is 14.7 Å². The molecule has 0 amide bonds. The lowest BCUT2D eigenvalue weighted by Gasteiger charge is -2.03. The summed E-state index contributed by atoms with van der Waals surface area (Å²) in [5.74, 6) is -0.398. The Kier molecular flexibility index (Phi) is 24.4. The van der Waals surface area contributed by atoms with Gasteiger partial charge in [0.2, 0.25) is 0 Å². The maximum Gasteiger partial charge on any atom is 0.303 e. The lowest BCUT2D eigenvalue weighted by molar-refractivity contribution is -0.137. The van der Waals surface area contributed by atoms with Crippen LogP contribution in [0.1, 0.15) is 130 Å². The molecule has 0 aromatic rings. The zero-order valence-electron chi connectivity index (χ0n) is 17.3. The van der Waals surface area contributed by atoms with E-state index in [4.69, 9.17) is 5.11 Å². The summed E-state index contributed by atoms with van der Waals surface area (Å²) in [6.45, 7) is 5.70. The van der Waals surface area contributed by atoms with Gasteiger partial charge >= 0.3 is 5.97 Å². The zero-order valence-corrected chi connectivity index (χ0v) is 17.3. The second-order valence-corrected chi connectivity index (χ2v) is 7.15. The SMILES string of the molecule is CCC(C)=O.CCCCCCCCCCCCCCCCCC(=O)O. The van der Waals surface area contributed by atoms with Crippen LogP contribution in [0.2, 0.25) is 0 Å². The topological polar surface area (TPSA) is 54.4 Å². The van der Waals surface area contributed by atoms with E-state index in [1.54, 1.807) is 6.92 Å². The van der Waals surface area contributed by atoms with Crippen molar-refractivity contribution in [2.75, 3.05) is 0 Å². The molecule has 150 valence electrons. The van der Waals surface area contributed by atoms with Crippen molar-refractivity contribution in [3.63, 3.8) is 0 Å². The Labute approximate surface area is 157 Å². The van der Waals surface area contributed by atoms with E-state index in [-0.39, 0.29) is 5.78 Å². The van der Waals surface area contributed by atoms with Crippen LogP contribution in [0.15, 0.2) is 0 Å². The molecule has 25 heavy (non-hydrogen) atoms. The first-order valence-corrected chi connectivity index (χ1v) is 10.8. The quantitative estimate of drug-likeness (QED) is 0.278. The summed E-state index contributed by atoms with van der Waals surface area (Å²) in [6, 6.07) is 0. The molecule has 0 fully saturated rings. The Bertz CT molecular complexity index is 287. The average molecular weight is 357 g/mol. The number of Topliss-reactive ketones (excluding diaryl/α,β-unsaturated/α-hetero) is 1. The number of hydrogen-bond donors (Lipinski definition) is 1. The molecule has 1 N–H and O–H groups in total. The van der Waals surface area contributed by atoms with Crippen LogP contribution in [-0.4, -0.2) is 16.9 Å². The normalized spacial score (nSPS) is 10.2. The van der Waals surface area contributed by atoms with E-state index in [1.165, 1.54) is 83.5 Å². The third-order valence-corrected chi connectivity index (χ3v) is 4.49. The predicted octanol–water partition coefficient (Wildman–Crippen LogP) is 7.32. The van der Waals surface area contributed by atoms with Crippen molar-refractivity contribution in [1.29, 1.82) is 0 Å². The molecular formula is C22H44O3. The van der Waals surface area contributed by atoms with Crippen LogP contribution in [0.5, 0.6) is 0 Å². The summed E-state index contributed by atoms with van der Waals surface area (Å²) in [5, 5.41) is 8.52. The first kappa shape index (κ1) is 26.4. The lowest BCUT2D eigenvalue weighted by Crippen LogP contribution is -1.93. The Morgan fingerprint density at radius 1 is 0.600 bits per heavy atom. The minimum Gasteiger partial charge on any atom is -0.481 e. The first-order chi connectivity index (χ1) is 12.0. The van der Waals surface area contributed by atoms with E-state index in [1.807, 2.05) is 6.92 Å². The van der Waals surface area contributed by atoms with Crippen molar-refractivity contribution in [2.24, 2.45) is 0 Å².